The van der Waals surface area contributed by atoms with Crippen molar-refractivity contribution in [2.24, 2.45) is 0 Å². The van der Waals surface area contributed by atoms with E-state index in [1.165, 1.54) is 91.2 Å². The largest absolute Gasteiger partial charge is 0.381 e. The molecule has 1 saturated carbocycles. The summed E-state index contributed by atoms with van der Waals surface area (Å²) < 4.78 is 0. The molecule has 1 aliphatic carbocycles. The van der Waals surface area contributed by atoms with Crippen LogP contribution >= 0.6 is 0 Å². The minimum atomic E-state index is 0.622. The molecule has 0 saturated heterocycles. The van der Waals surface area contributed by atoms with Crippen LogP contribution < -0.4 is 5.32 Å². The first kappa shape index (κ1) is 18.2. The minimum absolute atomic E-state index is 0.622. The molecule has 2 nitrogen and oxygen atoms in total. The van der Waals surface area contributed by atoms with Gasteiger partial charge in [0.2, 0.25) is 0 Å². The lowest BCUT2D eigenvalue weighted by atomic mass is 9.95. The van der Waals surface area contributed by atoms with Crippen LogP contribution in [0.2, 0.25) is 0 Å². The molecule has 2 N–H and O–H groups in total. The third kappa shape index (κ3) is 4.37. The molecule has 27 heavy (non-hydrogen) atoms. The highest BCUT2D eigenvalue weighted by Crippen LogP contribution is 2.32. The van der Waals surface area contributed by atoms with E-state index < -0.39 is 0 Å². The summed E-state index contributed by atoms with van der Waals surface area (Å²) in [6.45, 7) is 2.28. The summed E-state index contributed by atoms with van der Waals surface area (Å²) in [4.78, 5) is 3.70. The predicted octanol–water partition coefficient (Wildman–Crippen LogP) is 7.31. The third-order valence-corrected chi connectivity index (χ3v) is 5.91. The Kier molecular flexibility index (Phi) is 5.81. The molecule has 1 fully saturated rings. The summed E-state index contributed by atoms with van der Waals surface area (Å²) in [6, 6.07) is 18.4. The van der Waals surface area contributed by atoms with Crippen molar-refractivity contribution in [1.82, 2.24) is 4.98 Å². The Morgan fingerprint density at radius 3 is 2.56 bits per heavy atom. The van der Waals surface area contributed by atoms with Crippen molar-refractivity contribution in [2.45, 2.75) is 70.8 Å². The predicted molar refractivity (Wildman–Crippen MR) is 117 cm³/mol. The normalized spacial score (nSPS) is 15.3. The van der Waals surface area contributed by atoms with Gasteiger partial charge in [-0.1, -0.05) is 69.4 Å². The van der Waals surface area contributed by atoms with Crippen molar-refractivity contribution in [2.75, 3.05) is 5.32 Å². The molecular weight excluding hydrogens is 328 g/mol. The van der Waals surface area contributed by atoms with E-state index >= 15 is 0 Å². The molecule has 0 bridgehead atoms. The molecule has 2 heteroatoms. The Balaban J connectivity index is 1.68. The van der Waals surface area contributed by atoms with Crippen molar-refractivity contribution in [3.05, 3.63) is 54.1 Å². The lowest BCUT2D eigenvalue weighted by Crippen LogP contribution is -2.22. The Morgan fingerprint density at radius 1 is 0.963 bits per heavy atom. The summed E-state index contributed by atoms with van der Waals surface area (Å²) in [5.74, 6) is 0. The summed E-state index contributed by atoms with van der Waals surface area (Å²) in [5, 5.41) is 5.22. The number of fused-ring (bicyclic) bond motifs is 1. The van der Waals surface area contributed by atoms with Crippen LogP contribution in [0.4, 0.5) is 5.69 Å². The zero-order valence-corrected chi connectivity index (χ0v) is 16.6. The molecule has 0 spiro atoms. The second kappa shape index (κ2) is 8.65. The number of hydrogen-bond acceptors (Lipinski definition) is 1. The highest BCUT2D eigenvalue weighted by molar-refractivity contribution is 5.95. The van der Waals surface area contributed by atoms with Crippen molar-refractivity contribution >= 4 is 16.6 Å². The van der Waals surface area contributed by atoms with E-state index in [1.807, 2.05) is 0 Å². The molecule has 4 rings (SSSR count). The number of nitrogens with one attached hydrogen (secondary N) is 2. The van der Waals surface area contributed by atoms with Crippen LogP contribution in [-0.4, -0.2) is 11.0 Å². The van der Waals surface area contributed by atoms with Crippen molar-refractivity contribution in [3.63, 3.8) is 0 Å². The number of aromatic amines is 1. The van der Waals surface area contributed by atoms with E-state index in [0.29, 0.717) is 6.04 Å². The minimum Gasteiger partial charge on any atom is -0.381 e. The van der Waals surface area contributed by atoms with Gasteiger partial charge < -0.3 is 10.3 Å². The van der Waals surface area contributed by atoms with Crippen molar-refractivity contribution in [3.8, 4) is 11.3 Å². The van der Waals surface area contributed by atoms with Gasteiger partial charge in [0.1, 0.15) is 0 Å². The summed E-state index contributed by atoms with van der Waals surface area (Å²) in [7, 11) is 0. The van der Waals surface area contributed by atoms with E-state index in [2.05, 4.69) is 65.8 Å². The third-order valence-electron chi connectivity index (χ3n) is 5.91. The molecule has 0 amide bonds. The van der Waals surface area contributed by atoms with Crippen LogP contribution in [0.25, 0.3) is 22.2 Å². The van der Waals surface area contributed by atoms with E-state index in [0.717, 1.165) is 0 Å². The number of anilines is 1. The van der Waals surface area contributed by atoms with Gasteiger partial charge in [-0.3, -0.25) is 0 Å². The second-order valence-electron chi connectivity index (χ2n) is 8.09. The molecular formula is C25H32N2. The Labute approximate surface area is 163 Å². The first-order valence-corrected chi connectivity index (χ1v) is 10.8. The van der Waals surface area contributed by atoms with E-state index in [1.54, 1.807) is 0 Å². The average Bonchev–Trinajstić information content (AvgIpc) is 3.14. The van der Waals surface area contributed by atoms with Crippen LogP contribution in [0.1, 0.15) is 63.9 Å². The number of aromatic nitrogens is 1. The van der Waals surface area contributed by atoms with E-state index in [4.69, 9.17) is 0 Å². The van der Waals surface area contributed by atoms with Gasteiger partial charge in [0.25, 0.3) is 0 Å². The number of hydrogen-bond donors (Lipinski definition) is 2. The van der Waals surface area contributed by atoms with Crippen LogP contribution in [0.3, 0.4) is 0 Å². The fourth-order valence-electron chi connectivity index (χ4n) is 4.38. The van der Waals surface area contributed by atoms with Gasteiger partial charge in [0.15, 0.2) is 0 Å². The molecule has 2 aromatic carbocycles. The van der Waals surface area contributed by atoms with Crippen LogP contribution in [0.15, 0.2) is 48.5 Å². The molecule has 3 aromatic rings. The topological polar surface area (TPSA) is 27.8 Å². The molecule has 0 radical (unpaired) electrons. The Hall–Kier alpha value is -2.22. The standard InChI is InChI=1S/C25H32N2/c1-2-3-6-11-19-16-21-18-23(20-12-7-4-8-13-20)27-25(21)24(17-19)26-22-14-9-5-10-15-22/h4,7-8,12-13,16-18,22,26-27H,2-3,5-6,9-11,14-15H2,1H3. The molecule has 1 heterocycles. The fraction of sp³-hybridized carbons (Fsp3) is 0.440. The zero-order chi connectivity index (χ0) is 18.5. The smallest absolute Gasteiger partial charge is 0.0694 e. The van der Waals surface area contributed by atoms with Gasteiger partial charge >= 0.3 is 0 Å². The first-order chi connectivity index (χ1) is 13.3. The van der Waals surface area contributed by atoms with Gasteiger partial charge in [-0.25, -0.2) is 0 Å². The molecule has 0 aliphatic heterocycles. The van der Waals surface area contributed by atoms with E-state index in [-0.39, 0.29) is 0 Å². The number of rotatable bonds is 7. The lowest BCUT2D eigenvalue weighted by Gasteiger charge is -2.24. The summed E-state index contributed by atoms with van der Waals surface area (Å²) in [5.41, 5.74) is 6.49. The maximum Gasteiger partial charge on any atom is 0.0694 e. The van der Waals surface area contributed by atoms with Gasteiger partial charge in [-0.05, 0) is 55.0 Å². The summed E-state index contributed by atoms with van der Waals surface area (Å²) >= 11 is 0. The van der Waals surface area contributed by atoms with Gasteiger partial charge in [-0.2, -0.15) is 0 Å². The average molecular weight is 361 g/mol. The Morgan fingerprint density at radius 2 is 1.78 bits per heavy atom. The number of aryl methyl sites for hydroxylation is 1. The van der Waals surface area contributed by atoms with E-state index in [9.17, 15) is 0 Å². The Bertz CT molecular complexity index is 857. The maximum absolute atomic E-state index is 3.89. The van der Waals surface area contributed by atoms with Gasteiger partial charge in [0, 0.05) is 17.1 Å². The monoisotopic (exact) mass is 360 g/mol. The van der Waals surface area contributed by atoms with Crippen molar-refractivity contribution in [1.29, 1.82) is 0 Å². The number of H-pyrrole nitrogens is 1. The fourth-order valence-corrected chi connectivity index (χ4v) is 4.38. The molecule has 0 unspecified atom stereocenters. The second-order valence-corrected chi connectivity index (χ2v) is 8.09. The molecule has 0 atom stereocenters. The first-order valence-electron chi connectivity index (χ1n) is 10.8. The molecule has 142 valence electrons. The van der Waals surface area contributed by atoms with Crippen LogP contribution in [-0.2, 0) is 6.42 Å². The highest BCUT2D eigenvalue weighted by Gasteiger charge is 2.16. The van der Waals surface area contributed by atoms with Crippen LogP contribution in [0, 0.1) is 0 Å². The lowest BCUT2D eigenvalue weighted by molar-refractivity contribution is 0.463. The molecule has 1 aromatic heterocycles. The quantitative estimate of drug-likeness (QED) is 0.425. The summed E-state index contributed by atoms with van der Waals surface area (Å²) in [6.07, 6.45) is 11.8. The zero-order valence-electron chi connectivity index (χ0n) is 16.6. The molecule has 1 aliphatic rings. The number of benzene rings is 2. The van der Waals surface area contributed by atoms with Crippen LogP contribution in [0.5, 0.6) is 0 Å². The number of unbranched alkanes of at least 4 members (excludes halogenated alkanes) is 2. The van der Waals surface area contributed by atoms with Gasteiger partial charge in [-0.15, -0.1) is 0 Å². The highest BCUT2D eigenvalue weighted by atomic mass is 14.9. The SMILES string of the molecule is CCCCCc1cc(NC2CCCCC2)c2[nH]c(-c3ccccc3)cc2c1. The van der Waals surface area contributed by atoms with Gasteiger partial charge in [0.05, 0.1) is 11.2 Å². The maximum atomic E-state index is 3.89. The van der Waals surface area contributed by atoms with Crippen molar-refractivity contribution < 1.29 is 0 Å².